The fourth-order valence-corrected chi connectivity index (χ4v) is 18.1. The van der Waals surface area contributed by atoms with E-state index in [1.165, 1.54) is 22.3 Å². The number of esters is 1. The number of benzene rings is 1. The van der Waals surface area contributed by atoms with Crippen molar-refractivity contribution in [2.45, 2.75) is 219 Å². The molecule has 4 N–H and O–H groups in total. The largest absolute Gasteiger partial charge is 0.481 e. The molecule has 0 heterocycles. The number of allylic oxidation sites excluding steroid dienone is 4. The number of nitrogens with one attached hydrogen (secondary N) is 1. The first kappa shape index (κ1) is 57.5. The first-order chi connectivity index (χ1) is 36.3. The monoisotopic (exact) mass is 1060 g/mol. The van der Waals surface area contributed by atoms with Gasteiger partial charge >= 0.3 is 18.0 Å². The molecule has 424 valence electrons. The fraction of sp³-hybridized carbons (Fsp3) is 0.754. The predicted molar refractivity (Wildman–Crippen MR) is 299 cm³/mol. The van der Waals surface area contributed by atoms with E-state index in [-0.39, 0.29) is 88.6 Å². The third-order valence-electron chi connectivity index (χ3n) is 22.2. The molecular formula is C65H94N2O10. The maximum absolute atomic E-state index is 13.9. The van der Waals surface area contributed by atoms with Crippen molar-refractivity contribution < 1.29 is 48.7 Å². The summed E-state index contributed by atoms with van der Waals surface area (Å²) >= 11 is 0. The number of fused-ring (bicyclic) bond motifs is 9. The van der Waals surface area contributed by atoms with Crippen molar-refractivity contribution in [3.8, 4) is 11.8 Å². The summed E-state index contributed by atoms with van der Waals surface area (Å²) in [5.41, 5.74) is 3.75. The van der Waals surface area contributed by atoms with Crippen LogP contribution in [0.15, 0.2) is 47.1 Å². The van der Waals surface area contributed by atoms with Gasteiger partial charge < -0.3 is 39.7 Å². The molecule has 6 fully saturated rings. The lowest BCUT2D eigenvalue weighted by molar-refractivity contribution is -0.226. The summed E-state index contributed by atoms with van der Waals surface area (Å²) in [5.74, 6) is 7.46. The molecule has 0 bridgehead atoms. The smallest absolute Gasteiger partial charge is 0.407 e. The number of aliphatic carboxylic acids is 1. The molecule has 2 unspecified atom stereocenters. The minimum absolute atomic E-state index is 0.0746. The highest BCUT2D eigenvalue weighted by molar-refractivity contribution is 5.93. The highest BCUT2D eigenvalue weighted by Crippen LogP contribution is 2.70. The van der Waals surface area contributed by atoms with Crippen molar-refractivity contribution in [2.75, 3.05) is 31.6 Å². The van der Waals surface area contributed by atoms with Gasteiger partial charge in [0.25, 0.3) is 0 Å². The summed E-state index contributed by atoms with van der Waals surface area (Å²) in [5, 5.41) is 37.0. The highest BCUT2D eigenvalue weighted by atomic mass is 16.6. The second-order valence-corrected chi connectivity index (χ2v) is 27.6. The molecule has 1 aromatic rings. The number of rotatable bonds is 16. The van der Waals surface area contributed by atoms with Crippen LogP contribution in [-0.2, 0) is 28.6 Å². The van der Waals surface area contributed by atoms with E-state index >= 15 is 0 Å². The zero-order valence-corrected chi connectivity index (χ0v) is 48.4. The Morgan fingerprint density at radius 3 is 2.38 bits per heavy atom. The third kappa shape index (κ3) is 11.1. The molecule has 1 aromatic carbocycles. The molecule has 0 aromatic heterocycles. The molecule has 8 aliphatic rings. The Bertz CT molecular complexity index is 2520. The second kappa shape index (κ2) is 22.0. The van der Waals surface area contributed by atoms with E-state index in [9.17, 15) is 34.5 Å². The van der Waals surface area contributed by atoms with Gasteiger partial charge in [-0.2, -0.15) is 0 Å². The molecule has 6 saturated carbocycles. The summed E-state index contributed by atoms with van der Waals surface area (Å²) in [6, 6.07) is 9.06. The number of aliphatic hydroxyl groups excluding tert-OH is 1. The molecule has 0 saturated heterocycles. The van der Waals surface area contributed by atoms with Crippen molar-refractivity contribution in [1.82, 2.24) is 5.32 Å². The maximum atomic E-state index is 13.9. The lowest BCUT2D eigenvalue weighted by atomic mass is 9.42. The summed E-state index contributed by atoms with van der Waals surface area (Å²) < 4.78 is 19.1. The average Bonchev–Trinajstić information content (AvgIpc) is 4.08. The van der Waals surface area contributed by atoms with Crippen molar-refractivity contribution in [3.63, 3.8) is 0 Å². The van der Waals surface area contributed by atoms with Gasteiger partial charge in [0.2, 0.25) is 0 Å². The Hall–Kier alpha value is -4.18. The molecule has 12 heteroatoms. The van der Waals surface area contributed by atoms with Gasteiger partial charge in [-0.3, -0.25) is 14.4 Å². The van der Waals surface area contributed by atoms with E-state index in [2.05, 4.69) is 88.0 Å². The van der Waals surface area contributed by atoms with Gasteiger partial charge in [-0.05, 0) is 225 Å². The molecule has 0 spiro atoms. The Balaban J connectivity index is 0.875. The second-order valence-electron chi connectivity index (χ2n) is 27.6. The summed E-state index contributed by atoms with van der Waals surface area (Å²) in [4.78, 5) is 52.8. The number of carbonyl (C=O) groups is 4. The van der Waals surface area contributed by atoms with Gasteiger partial charge in [-0.15, -0.1) is 5.92 Å². The first-order valence-electron chi connectivity index (χ1n) is 30.0. The standard InChI is InChI=1S/C65H94N2O10/c1-11-28-65(74)29-27-50-47-22-18-42-35-45(68)21-23-46(42)57(47)48(39-63(50,65)8)41-16-19-44(20-17-41)67(10)33-34-75-61(6)30-31-62(7)43(38-61)36-53(76-56(72)14-12-13-32-66-59(73)77-60(3,4)5)58-51-25-24-49(40(2)15-26-55(70)71)64(51,9)54(69)37-52(58)62/h16-17,19-20,35,40,43,47-54,58,69,74H,12-15,18,21-27,29-34,36-39H2,1-10H3,(H,66,73)(H,70,71)/t40-,43-,47?,48+,49-,50?,51+,52+,53-,54+,58+,61+,62+,63+,64-,65-/m1/s1. The molecule has 16 atom stereocenters. The van der Waals surface area contributed by atoms with E-state index in [0.29, 0.717) is 70.1 Å². The Morgan fingerprint density at radius 2 is 1.66 bits per heavy atom. The third-order valence-corrected chi connectivity index (χ3v) is 22.2. The number of anilines is 1. The number of aliphatic hydroxyl groups is 2. The van der Waals surface area contributed by atoms with Crippen molar-refractivity contribution in [3.05, 3.63) is 52.6 Å². The van der Waals surface area contributed by atoms with Crippen LogP contribution in [-0.4, -0.2) is 94.9 Å². The minimum atomic E-state index is -1.02. The van der Waals surface area contributed by atoms with E-state index in [0.717, 1.165) is 76.3 Å². The maximum Gasteiger partial charge on any atom is 0.407 e. The number of nitrogens with zero attached hydrogens (tertiary/aromatic N) is 1. The number of amides is 1. The van der Waals surface area contributed by atoms with Crippen LogP contribution in [0.25, 0.3) is 0 Å². The molecule has 0 aliphatic heterocycles. The van der Waals surface area contributed by atoms with E-state index < -0.39 is 34.8 Å². The molecule has 0 radical (unpaired) electrons. The van der Waals surface area contributed by atoms with Gasteiger partial charge in [-0.25, -0.2) is 4.79 Å². The van der Waals surface area contributed by atoms with Gasteiger partial charge in [0.05, 0.1) is 18.3 Å². The zero-order valence-electron chi connectivity index (χ0n) is 48.4. The SMILES string of the molecule is CC#C[C@@]1(O)CCC2C3CCC4=CC(=O)CCC4=C3[C@H](c3ccc(N(C)CCO[C@@]4(C)CC[C@@]5(C)[C@H](C[C@@H](OC(=O)CCCCNC(=O)OC(C)(C)C)[C@@H]6[C@@H]5C[C@H](O)[C@]5(C)[C@@H]([C@H](C)CCC(=O)O)CC[C@@H]65)C4)cc3)C[C@@]21C. The summed E-state index contributed by atoms with van der Waals surface area (Å²) in [6.07, 6.45) is 14.6. The molecule has 8 aliphatic carbocycles. The molecule has 12 nitrogen and oxygen atoms in total. The van der Waals surface area contributed by atoms with E-state index in [1.807, 2.05) is 33.8 Å². The van der Waals surface area contributed by atoms with Crippen LogP contribution >= 0.6 is 0 Å². The van der Waals surface area contributed by atoms with Crippen molar-refractivity contribution >= 4 is 29.5 Å². The highest BCUT2D eigenvalue weighted by Gasteiger charge is 2.68. The number of alkyl carbamates (subject to hydrolysis) is 1. The molecule has 9 rings (SSSR count). The van der Waals surface area contributed by atoms with E-state index in [1.54, 1.807) is 0 Å². The van der Waals surface area contributed by atoms with Gasteiger partial charge in [0.15, 0.2) is 5.78 Å². The van der Waals surface area contributed by atoms with Crippen LogP contribution in [0, 0.1) is 75.4 Å². The molecular weight excluding hydrogens is 969 g/mol. The minimum Gasteiger partial charge on any atom is -0.481 e. The van der Waals surface area contributed by atoms with Crippen molar-refractivity contribution in [2.24, 2.45) is 63.6 Å². The number of carboxylic acids is 1. The van der Waals surface area contributed by atoms with E-state index in [4.69, 9.17) is 14.2 Å². The van der Waals surface area contributed by atoms with Crippen LogP contribution in [0.5, 0.6) is 0 Å². The van der Waals surface area contributed by atoms with Crippen LogP contribution in [0.1, 0.15) is 196 Å². The van der Waals surface area contributed by atoms with Crippen molar-refractivity contribution in [1.29, 1.82) is 0 Å². The Morgan fingerprint density at radius 1 is 0.909 bits per heavy atom. The Kier molecular flexibility index (Phi) is 16.5. The first-order valence-corrected chi connectivity index (χ1v) is 30.0. The molecule has 1 amide bonds. The normalized spacial score (nSPS) is 38.5. The summed E-state index contributed by atoms with van der Waals surface area (Å²) in [7, 11) is 2.13. The number of unbranched alkanes of at least 4 members (excludes halogenated alkanes) is 1. The lowest BCUT2D eigenvalue weighted by Gasteiger charge is -2.64. The topological polar surface area (TPSA) is 172 Å². The van der Waals surface area contributed by atoms with Crippen LogP contribution in [0.3, 0.4) is 0 Å². The Labute approximate surface area is 460 Å². The van der Waals surface area contributed by atoms with Crippen LogP contribution in [0.4, 0.5) is 10.5 Å². The predicted octanol–water partition coefficient (Wildman–Crippen LogP) is 11.9. The quantitative estimate of drug-likeness (QED) is 0.0705. The molecule has 77 heavy (non-hydrogen) atoms. The number of carbonyl (C=O) groups excluding carboxylic acids is 3. The number of hydrogen-bond donors (Lipinski definition) is 4. The number of ether oxygens (including phenoxy) is 3. The summed E-state index contributed by atoms with van der Waals surface area (Å²) in [6.45, 7) is 20.4. The fourth-order valence-electron chi connectivity index (χ4n) is 18.1. The van der Waals surface area contributed by atoms with Crippen LogP contribution < -0.4 is 10.2 Å². The van der Waals surface area contributed by atoms with Gasteiger partial charge in [0, 0.05) is 62.3 Å². The van der Waals surface area contributed by atoms with Gasteiger partial charge in [-0.1, -0.05) is 51.3 Å². The number of ketones is 1. The number of likely N-dealkylation sites (N-methyl/N-ethyl adjacent to an activating group) is 1. The van der Waals surface area contributed by atoms with Gasteiger partial charge in [0.1, 0.15) is 17.3 Å². The zero-order chi connectivity index (χ0) is 55.5. The average molecular weight is 1060 g/mol. The lowest BCUT2D eigenvalue weighted by Crippen LogP contribution is -2.63. The number of carboxylic acid groups (broad SMARTS) is 1. The van der Waals surface area contributed by atoms with Crippen LogP contribution in [0.2, 0.25) is 0 Å². The number of hydrogen-bond acceptors (Lipinski definition) is 10.